The van der Waals surface area contributed by atoms with Gasteiger partial charge in [0.1, 0.15) is 0 Å². The maximum atomic E-state index is 2.34. The van der Waals surface area contributed by atoms with Crippen molar-refractivity contribution in [2.75, 3.05) is 0 Å². The Labute approximate surface area is 91.7 Å². The molecule has 0 bridgehead atoms. The molecule has 0 amide bonds. The van der Waals surface area contributed by atoms with Crippen molar-refractivity contribution in [1.82, 2.24) is 0 Å². The van der Waals surface area contributed by atoms with E-state index in [1.54, 1.807) is 0 Å². The molecule has 0 atom stereocenters. The lowest BCUT2D eigenvalue weighted by Gasteiger charge is -2.18. The van der Waals surface area contributed by atoms with Crippen LogP contribution in [-0.4, -0.2) is 0 Å². The van der Waals surface area contributed by atoms with Crippen LogP contribution in [-0.2, 0) is 0 Å². The molecule has 14 heavy (non-hydrogen) atoms. The number of thiophene rings is 1. The highest BCUT2D eigenvalue weighted by atomic mass is 32.1. The summed E-state index contributed by atoms with van der Waals surface area (Å²) in [5, 5.41) is 0. The van der Waals surface area contributed by atoms with Crippen LogP contribution in [0.25, 0.3) is 6.08 Å². The average Bonchev–Trinajstić information content (AvgIpc) is 2.48. The van der Waals surface area contributed by atoms with Crippen LogP contribution in [0, 0.1) is 12.3 Å². The summed E-state index contributed by atoms with van der Waals surface area (Å²) in [4.78, 5) is 2.75. The van der Waals surface area contributed by atoms with Gasteiger partial charge in [-0.1, -0.05) is 33.3 Å². The van der Waals surface area contributed by atoms with E-state index in [0.29, 0.717) is 5.41 Å². The van der Waals surface area contributed by atoms with Gasteiger partial charge in [-0.15, -0.1) is 11.3 Å². The van der Waals surface area contributed by atoms with E-state index in [1.807, 2.05) is 11.3 Å². The topological polar surface area (TPSA) is 0 Å². The molecule has 78 valence electrons. The van der Waals surface area contributed by atoms with E-state index in [9.17, 15) is 0 Å². The van der Waals surface area contributed by atoms with Gasteiger partial charge in [-0.2, -0.15) is 0 Å². The van der Waals surface area contributed by atoms with E-state index in [4.69, 9.17) is 0 Å². The Morgan fingerprint density at radius 1 is 1.36 bits per heavy atom. The zero-order chi connectivity index (χ0) is 10.6. The molecule has 0 fully saturated rings. The summed E-state index contributed by atoms with van der Waals surface area (Å²) in [6.45, 7) is 8.99. The summed E-state index contributed by atoms with van der Waals surface area (Å²) < 4.78 is 0. The van der Waals surface area contributed by atoms with Crippen LogP contribution in [0.3, 0.4) is 0 Å². The quantitative estimate of drug-likeness (QED) is 0.660. The first-order valence-corrected chi connectivity index (χ1v) is 6.11. The number of hydrogen-bond acceptors (Lipinski definition) is 1. The maximum absolute atomic E-state index is 2.34. The van der Waals surface area contributed by atoms with Crippen molar-refractivity contribution in [1.29, 1.82) is 0 Å². The molecule has 0 saturated carbocycles. The second-order valence-corrected chi connectivity index (χ2v) is 5.84. The lowest BCUT2D eigenvalue weighted by atomic mass is 9.88. The number of hydrogen-bond donors (Lipinski definition) is 0. The normalized spacial score (nSPS) is 12.6. The predicted octanol–water partition coefficient (Wildman–Crippen LogP) is 4.90. The monoisotopic (exact) mass is 208 g/mol. The van der Waals surface area contributed by atoms with Crippen molar-refractivity contribution < 1.29 is 0 Å². The molecule has 0 nitrogen and oxygen atoms in total. The molecule has 0 radical (unpaired) electrons. The lowest BCUT2D eigenvalue weighted by Crippen LogP contribution is -2.05. The molecule has 0 aliphatic heterocycles. The predicted molar refractivity (Wildman–Crippen MR) is 66.8 cm³/mol. The van der Waals surface area contributed by atoms with E-state index < -0.39 is 0 Å². The fourth-order valence-electron chi connectivity index (χ4n) is 1.58. The third-order valence-corrected chi connectivity index (χ3v) is 3.32. The van der Waals surface area contributed by atoms with Crippen LogP contribution in [0.5, 0.6) is 0 Å². The molecule has 1 heterocycles. The molecule has 1 heteroatoms. The zero-order valence-corrected chi connectivity index (χ0v) is 10.4. The van der Waals surface area contributed by atoms with Gasteiger partial charge >= 0.3 is 0 Å². The van der Waals surface area contributed by atoms with Crippen LogP contribution in [0.15, 0.2) is 18.2 Å². The minimum absolute atomic E-state index is 0.340. The Balaban J connectivity index is 2.63. The SMILES string of the molecule is CCCC(C)(C)/C=C/c1ccc(C)s1. The van der Waals surface area contributed by atoms with Gasteiger partial charge in [0.2, 0.25) is 0 Å². The van der Waals surface area contributed by atoms with Gasteiger partial charge < -0.3 is 0 Å². The number of allylic oxidation sites excluding steroid dienone is 1. The summed E-state index contributed by atoms with van der Waals surface area (Å²) in [5.41, 5.74) is 0.340. The van der Waals surface area contributed by atoms with Gasteiger partial charge in [0, 0.05) is 9.75 Å². The Bertz CT molecular complexity index is 305. The van der Waals surface area contributed by atoms with Gasteiger partial charge in [0.15, 0.2) is 0 Å². The summed E-state index contributed by atoms with van der Waals surface area (Å²) in [5.74, 6) is 0. The second kappa shape index (κ2) is 4.79. The average molecular weight is 208 g/mol. The fourth-order valence-corrected chi connectivity index (χ4v) is 2.36. The van der Waals surface area contributed by atoms with Gasteiger partial charge in [0.25, 0.3) is 0 Å². The summed E-state index contributed by atoms with van der Waals surface area (Å²) in [7, 11) is 0. The van der Waals surface area contributed by atoms with Crippen molar-refractivity contribution in [3.05, 3.63) is 28.0 Å². The van der Waals surface area contributed by atoms with Gasteiger partial charge in [-0.25, -0.2) is 0 Å². The van der Waals surface area contributed by atoms with Crippen molar-refractivity contribution in [2.24, 2.45) is 5.41 Å². The van der Waals surface area contributed by atoms with Crippen molar-refractivity contribution in [3.8, 4) is 0 Å². The van der Waals surface area contributed by atoms with Gasteiger partial charge in [0.05, 0.1) is 0 Å². The summed E-state index contributed by atoms with van der Waals surface area (Å²) >= 11 is 1.86. The molecule has 0 unspecified atom stereocenters. The Morgan fingerprint density at radius 2 is 2.07 bits per heavy atom. The number of aryl methyl sites for hydroxylation is 1. The Hall–Kier alpha value is -0.560. The van der Waals surface area contributed by atoms with E-state index in [2.05, 4.69) is 52.0 Å². The Morgan fingerprint density at radius 3 is 2.57 bits per heavy atom. The van der Waals surface area contributed by atoms with Crippen LogP contribution in [0.4, 0.5) is 0 Å². The van der Waals surface area contributed by atoms with E-state index in [0.717, 1.165) is 0 Å². The largest absolute Gasteiger partial charge is 0.141 e. The molecule has 0 aliphatic carbocycles. The van der Waals surface area contributed by atoms with Crippen LogP contribution in [0.1, 0.15) is 43.4 Å². The summed E-state index contributed by atoms with van der Waals surface area (Å²) in [6.07, 6.45) is 7.10. The van der Waals surface area contributed by atoms with Crippen LogP contribution >= 0.6 is 11.3 Å². The lowest BCUT2D eigenvalue weighted by molar-refractivity contribution is 0.434. The van der Waals surface area contributed by atoms with Crippen LogP contribution in [0.2, 0.25) is 0 Å². The smallest absolute Gasteiger partial charge is 0.0270 e. The molecule has 0 N–H and O–H groups in total. The molecular formula is C13H20S. The van der Waals surface area contributed by atoms with E-state index >= 15 is 0 Å². The van der Waals surface area contributed by atoms with Crippen molar-refractivity contribution >= 4 is 17.4 Å². The minimum atomic E-state index is 0.340. The molecule has 0 spiro atoms. The molecule has 1 rings (SSSR count). The standard InChI is InChI=1S/C13H20S/c1-5-9-13(3,4)10-8-12-7-6-11(2)14-12/h6-8,10H,5,9H2,1-4H3/b10-8+. The highest BCUT2D eigenvalue weighted by molar-refractivity contribution is 7.12. The molecule has 1 aromatic rings. The zero-order valence-electron chi connectivity index (χ0n) is 9.63. The van der Waals surface area contributed by atoms with E-state index in [1.165, 1.54) is 22.6 Å². The maximum Gasteiger partial charge on any atom is 0.0270 e. The second-order valence-electron chi connectivity index (χ2n) is 4.52. The molecule has 0 aromatic carbocycles. The molecule has 0 saturated heterocycles. The van der Waals surface area contributed by atoms with E-state index in [-0.39, 0.29) is 0 Å². The van der Waals surface area contributed by atoms with Gasteiger partial charge in [-0.3, -0.25) is 0 Å². The first kappa shape index (κ1) is 11.5. The van der Waals surface area contributed by atoms with Crippen molar-refractivity contribution in [2.45, 2.75) is 40.5 Å². The van der Waals surface area contributed by atoms with Crippen molar-refractivity contribution in [3.63, 3.8) is 0 Å². The highest BCUT2D eigenvalue weighted by Crippen LogP contribution is 2.26. The van der Waals surface area contributed by atoms with Gasteiger partial charge in [-0.05, 0) is 37.0 Å². The highest BCUT2D eigenvalue weighted by Gasteiger charge is 2.11. The molecule has 1 aromatic heterocycles. The third-order valence-electron chi connectivity index (χ3n) is 2.35. The molecule has 0 aliphatic rings. The number of rotatable bonds is 4. The molecular weight excluding hydrogens is 188 g/mol. The Kier molecular flexibility index (Phi) is 3.94. The fraction of sp³-hybridized carbons (Fsp3) is 0.538. The summed E-state index contributed by atoms with van der Waals surface area (Å²) in [6, 6.07) is 4.37. The third kappa shape index (κ3) is 3.67. The first-order valence-electron chi connectivity index (χ1n) is 5.29. The first-order chi connectivity index (χ1) is 6.53. The van der Waals surface area contributed by atoms with Crippen LogP contribution < -0.4 is 0 Å². The minimum Gasteiger partial charge on any atom is -0.141 e.